The highest BCUT2D eigenvalue weighted by atomic mass is 35.5. The maximum absolute atomic E-state index is 11.8. The summed E-state index contributed by atoms with van der Waals surface area (Å²) in [5, 5.41) is 3.40. The molecular formula is C13H16ClNO. The number of benzene rings is 1. The normalized spacial score (nSPS) is 11.9. The van der Waals surface area contributed by atoms with E-state index < -0.39 is 0 Å². The van der Waals surface area contributed by atoms with Crippen molar-refractivity contribution in [2.24, 2.45) is 5.92 Å². The van der Waals surface area contributed by atoms with E-state index in [1.807, 2.05) is 38.1 Å². The summed E-state index contributed by atoms with van der Waals surface area (Å²) in [4.78, 5) is 11.8. The van der Waals surface area contributed by atoms with Gasteiger partial charge in [0.05, 0.1) is 0 Å². The van der Waals surface area contributed by atoms with Crippen LogP contribution >= 0.6 is 11.6 Å². The van der Waals surface area contributed by atoms with Gasteiger partial charge in [0.15, 0.2) is 0 Å². The van der Waals surface area contributed by atoms with Crippen molar-refractivity contribution < 1.29 is 4.79 Å². The van der Waals surface area contributed by atoms with Gasteiger partial charge in [-0.15, -0.1) is 0 Å². The Morgan fingerprint density at radius 1 is 1.50 bits per heavy atom. The minimum atomic E-state index is -0.0668. The number of carbonyl (C=O) groups is 1. The molecule has 0 saturated heterocycles. The fraction of sp³-hybridized carbons (Fsp3) is 0.308. The van der Waals surface area contributed by atoms with Crippen molar-refractivity contribution in [3.63, 3.8) is 0 Å². The summed E-state index contributed by atoms with van der Waals surface area (Å²) in [6, 6.07) is 7.49. The van der Waals surface area contributed by atoms with Crippen LogP contribution in [0, 0.1) is 12.8 Å². The molecule has 0 heterocycles. The van der Waals surface area contributed by atoms with Crippen molar-refractivity contribution in [3.05, 3.63) is 47.0 Å². The second kappa shape index (κ2) is 5.71. The van der Waals surface area contributed by atoms with Crippen molar-refractivity contribution in [3.8, 4) is 0 Å². The number of amides is 1. The van der Waals surface area contributed by atoms with Gasteiger partial charge < -0.3 is 5.32 Å². The Hall–Kier alpha value is -1.28. The quantitative estimate of drug-likeness (QED) is 0.857. The van der Waals surface area contributed by atoms with Crippen LogP contribution in [0.15, 0.2) is 35.9 Å². The Bertz CT molecular complexity index is 401. The lowest BCUT2D eigenvalue weighted by Gasteiger charge is -2.11. The zero-order valence-electron chi connectivity index (χ0n) is 9.59. The van der Waals surface area contributed by atoms with E-state index in [1.165, 1.54) is 0 Å². The predicted molar refractivity (Wildman–Crippen MR) is 67.7 cm³/mol. The lowest BCUT2D eigenvalue weighted by atomic mass is 10.1. The molecule has 0 aliphatic rings. The van der Waals surface area contributed by atoms with E-state index in [2.05, 4.69) is 11.9 Å². The van der Waals surface area contributed by atoms with E-state index in [9.17, 15) is 4.79 Å². The maximum Gasteiger partial charge on any atom is 0.251 e. The molecule has 2 nitrogen and oxygen atoms in total. The largest absolute Gasteiger partial charge is 0.351 e. The van der Waals surface area contributed by atoms with E-state index >= 15 is 0 Å². The van der Waals surface area contributed by atoms with Crippen LogP contribution in [-0.2, 0) is 0 Å². The standard InChI is InChI=1S/C13H16ClNO/c1-9-6-4-5-7-12(9)13(16)15-8-10(2)11(3)14/h4-7,10H,3,8H2,1-2H3,(H,15,16). The molecule has 1 unspecified atom stereocenters. The van der Waals surface area contributed by atoms with E-state index in [4.69, 9.17) is 11.6 Å². The van der Waals surface area contributed by atoms with Gasteiger partial charge in [-0.2, -0.15) is 0 Å². The Labute approximate surface area is 101 Å². The van der Waals surface area contributed by atoms with Gasteiger partial charge in [0.25, 0.3) is 5.91 Å². The maximum atomic E-state index is 11.8. The number of nitrogens with one attached hydrogen (secondary N) is 1. The van der Waals surface area contributed by atoms with Crippen molar-refractivity contribution >= 4 is 17.5 Å². The average molecular weight is 238 g/mol. The number of halogens is 1. The molecule has 0 radical (unpaired) electrons. The van der Waals surface area contributed by atoms with Crippen LogP contribution in [0.3, 0.4) is 0 Å². The lowest BCUT2D eigenvalue weighted by molar-refractivity contribution is 0.0949. The first-order valence-electron chi connectivity index (χ1n) is 5.20. The summed E-state index contributed by atoms with van der Waals surface area (Å²) in [5.74, 6) is 0.0116. The summed E-state index contributed by atoms with van der Waals surface area (Å²) < 4.78 is 0. The topological polar surface area (TPSA) is 29.1 Å². The molecule has 0 bridgehead atoms. The molecule has 1 aromatic carbocycles. The van der Waals surface area contributed by atoms with Gasteiger partial charge in [0, 0.05) is 23.1 Å². The molecule has 1 atom stereocenters. The molecule has 3 heteroatoms. The summed E-state index contributed by atoms with van der Waals surface area (Å²) >= 11 is 5.74. The van der Waals surface area contributed by atoms with Crippen LogP contribution < -0.4 is 5.32 Å². The Kier molecular flexibility index (Phi) is 4.56. The van der Waals surface area contributed by atoms with Crippen LogP contribution in [-0.4, -0.2) is 12.5 Å². The fourth-order valence-corrected chi connectivity index (χ4v) is 1.36. The van der Waals surface area contributed by atoms with Crippen molar-refractivity contribution in [1.82, 2.24) is 5.32 Å². The van der Waals surface area contributed by atoms with Crippen LogP contribution in [0.25, 0.3) is 0 Å². The highest BCUT2D eigenvalue weighted by Gasteiger charge is 2.10. The van der Waals surface area contributed by atoms with Crippen molar-refractivity contribution in [2.75, 3.05) is 6.54 Å². The fourth-order valence-electron chi connectivity index (χ4n) is 1.28. The molecule has 1 amide bonds. The third kappa shape index (κ3) is 3.38. The number of hydrogen-bond acceptors (Lipinski definition) is 1. The van der Waals surface area contributed by atoms with Gasteiger partial charge in [0.2, 0.25) is 0 Å². The van der Waals surface area contributed by atoms with Crippen molar-refractivity contribution in [1.29, 1.82) is 0 Å². The number of hydrogen-bond donors (Lipinski definition) is 1. The molecule has 0 aliphatic carbocycles. The van der Waals surface area contributed by atoms with Crippen LogP contribution in [0.5, 0.6) is 0 Å². The second-order valence-electron chi connectivity index (χ2n) is 3.87. The van der Waals surface area contributed by atoms with E-state index in [1.54, 1.807) is 0 Å². The van der Waals surface area contributed by atoms with Gasteiger partial charge in [-0.05, 0) is 18.6 Å². The average Bonchev–Trinajstić information content (AvgIpc) is 2.25. The van der Waals surface area contributed by atoms with Crippen LogP contribution in [0.4, 0.5) is 0 Å². The molecule has 0 saturated carbocycles. The molecule has 0 aromatic heterocycles. The monoisotopic (exact) mass is 237 g/mol. The van der Waals surface area contributed by atoms with E-state index in [0.29, 0.717) is 17.1 Å². The zero-order chi connectivity index (χ0) is 12.1. The Morgan fingerprint density at radius 2 is 2.12 bits per heavy atom. The van der Waals surface area contributed by atoms with Gasteiger partial charge in [-0.1, -0.05) is 43.3 Å². The molecule has 16 heavy (non-hydrogen) atoms. The second-order valence-corrected chi connectivity index (χ2v) is 4.36. The van der Waals surface area contributed by atoms with Gasteiger partial charge in [-0.3, -0.25) is 4.79 Å². The SMILES string of the molecule is C=C(Cl)C(C)CNC(=O)c1ccccc1C. The summed E-state index contributed by atoms with van der Waals surface area (Å²) in [6.07, 6.45) is 0. The molecule has 0 aliphatic heterocycles. The first-order chi connectivity index (χ1) is 7.52. The molecule has 86 valence electrons. The smallest absolute Gasteiger partial charge is 0.251 e. The highest BCUT2D eigenvalue weighted by Crippen LogP contribution is 2.11. The molecule has 0 spiro atoms. The van der Waals surface area contributed by atoms with Crippen LogP contribution in [0.1, 0.15) is 22.8 Å². The molecular weight excluding hydrogens is 222 g/mol. The number of aryl methyl sites for hydroxylation is 1. The van der Waals surface area contributed by atoms with E-state index in [0.717, 1.165) is 5.56 Å². The van der Waals surface area contributed by atoms with Crippen molar-refractivity contribution in [2.45, 2.75) is 13.8 Å². The summed E-state index contributed by atoms with van der Waals surface area (Å²) in [6.45, 7) is 7.99. The van der Waals surface area contributed by atoms with E-state index in [-0.39, 0.29) is 11.8 Å². The molecule has 1 aromatic rings. The minimum absolute atomic E-state index is 0.0668. The van der Waals surface area contributed by atoms with Gasteiger partial charge in [-0.25, -0.2) is 0 Å². The van der Waals surface area contributed by atoms with Gasteiger partial charge in [0.1, 0.15) is 0 Å². The van der Waals surface area contributed by atoms with Gasteiger partial charge >= 0.3 is 0 Å². The third-order valence-corrected chi connectivity index (χ3v) is 2.87. The highest BCUT2D eigenvalue weighted by molar-refractivity contribution is 6.29. The number of rotatable bonds is 4. The van der Waals surface area contributed by atoms with Crippen LogP contribution in [0.2, 0.25) is 0 Å². The predicted octanol–water partition coefficient (Wildman–Crippen LogP) is 3.11. The summed E-state index contributed by atoms with van der Waals surface area (Å²) in [5.41, 5.74) is 1.67. The molecule has 1 rings (SSSR count). The molecule has 1 N–H and O–H groups in total. The summed E-state index contributed by atoms with van der Waals surface area (Å²) in [7, 11) is 0. The zero-order valence-corrected chi connectivity index (χ0v) is 10.3. The third-order valence-electron chi connectivity index (χ3n) is 2.49. The molecule has 0 fully saturated rings. The lowest BCUT2D eigenvalue weighted by Crippen LogP contribution is -2.28. The Morgan fingerprint density at radius 3 is 2.69 bits per heavy atom. The Balaban J connectivity index is 2.60. The first kappa shape index (κ1) is 12.8. The first-order valence-corrected chi connectivity index (χ1v) is 5.58. The number of carbonyl (C=O) groups excluding carboxylic acids is 1. The minimum Gasteiger partial charge on any atom is -0.351 e.